The van der Waals surface area contributed by atoms with E-state index in [1.807, 2.05) is 6.07 Å². The maximum Gasteiger partial charge on any atom is 0.267 e. The molecule has 3 amide bonds. The summed E-state index contributed by atoms with van der Waals surface area (Å²) in [5, 5.41) is 11.2. The number of amides is 3. The van der Waals surface area contributed by atoms with Crippen molar-refractivity contribution in [2.45, 2.75) is 12.8 Å². The van der Waals surface area contributed by atoms with Gasteiger partial charge in [0.25, 0.3) is 5.91 Å². The van der Waals surface area contributed by atoms with Gasteiger partial charge in [-0.1, -0.05) is 42.0 Å². The molecule has 26 heavy (non-hydrogen) atoms. The van der Waals surface area contributed by atoms with Crippen LogP contribution in [0.4, 0.5) is 5.69 Å². The fourth-order valence-electron chi connectivity index (χ4n) is 2.50. The number of carbonyl (C=O) groups is 3. The number of hydrogen-bond donors (Lipinski definition) is 4. The Morgan fingerprint density at radius 1 is 1.12 bits per heavy atom. The first-order chi connectivity index (χ1) is 12.4. The highest BCUT2D eigenvalue weighted by molar-refractivity contribution is 6.10. The zero-order valence-electron chi connectivity index (χ0n) is 14.1. The second kappa shape index (κ2) is 8.59. The summed E-state index contributed by atoms with van der Waals surface area (Å²) in [4.78, 5) is 35.6. The number of anilines is 1. The first-order valence-electron chi connectivity index (χ1n) is 7.79. The summed E-state index contributed by atoms with van der Waals surface area (Å²) < 4.78 is 0. The molecule has 2 aromatic carbocycles. The highest BCUT2D eigenvalue weighted by Crippen LogP contribution is 2.22. The maximum absolute atomic E-state index is 12.6. The Morgan fingerprint density at radius 3 is 2.42 bits per heavy atom. The number of carbonyl (C=O) groups excluding carboxylic acids is 3. The Labute approximate surface area is 150 Å². The Morgan fingerprint density at radius 2 is 1.81 bits per heavy atom. The summed E-state index contributed by atoms with van der Waals surface area (Å²) in [7, 11) is 0. The van der Waals surface area contributed by atoms with Crippen molar-refractivity contribution >= 4 is 29.5 Å². The van der Waals surface area contributed by atoms with Crippen molar-refractivity contribution in [2.75, 3.05) is 5.32 Å². The molecule has 7 heteroatoms. The molecule has 0 aliphatic carbocycles. The lowest BCUT2D eigenvalue weighted by atomic mass is 9.93. The monoisotopic (exact) mass is 353 g/mol. The number of hydroxylamine groups is 1. The van der Waals surface area contributed by atoms with Gasteiger partial charge in [-0.05, 0) is 36.3 Å². The molecule has 0 heterocycles. The zero-order chi connectivity index (χ0) is 19.1. The number of para-hydroxylation sites is 1. The number of hydrogen-bond acceptors (Lipinski definition) is 4. The normalized spacial score (nSPS) is 11.8. The lowest BCUT2D eigenvalue weighted by molar-refractivity contribution is -0.127. The van der Waals surface area contributed by atoms with E-state index in [1.165, 1.54) is 11.6 Å². The van der Waals surface area contributed by atoms with E-state index < -0.39 is 23.6 Å². The van der Waals surface area contributed by atoms with Crippen molar-refractivity contribution in [2.24, 2.45) is 5.73 Å². The number of rotatable bonds is 6. The first-order valence-corrected chi connectivity index (χ1v) is 7.79. The molecule has 5 N–H and O–H groups in total. The van der Waals surface area contributed by atoms with Gasteiger partial charge in [-0.2, -0.15) is 0 Å². The molecule has 2 rings (SSSR count). The van der Waals surface area contributed by atoms with Gasteiger partial charge >= 0.3 is 0 Å². The Balaban J connectivity index is 2.33. The third kappa shape index (κ3) is 5.02. The van der Waals surface area contributed by atoms with Crippen molar-refractivity contribution in [1.82, 2.24) is 5.48 Å². The Kier molecular flexibility index (Phi) is 6.24. The molecule has 0 spiro atoms. The maximum atomic E-state index is 12.6. The molecule has 0 aliphatic rings. The van der Waals surface area contributed by atoms with Gasteiger partial charge in [-0.15, -0.1) is 0 Å². The van der Waals surface area contributed by atoms with E-state index in [1.54, 1.807) is 49.4 Å². The second-order valence-electron chi connectivity index (χ2n) is 5.68. The molecule has 7 nitrogen and oxygen atoms in total. The first kappa shape index (κ1) is 18.9. The van der Waals surface area contributed by atoms with Gasteiger partial charge < -0.3 is 11.1 Å². The summed E-state index contributed by atoms with van der Waals surface area (Å²) in [5.74, 6) is -3.21. The molecule has 0 saturated carbocycles. The van der Waals surface area contributed by atoms with Gasteiger partial charge in [0, 0.05) is 11.8 Å². The lowest BCUT2D eigenvalue weighted by Gasteiger charge is -2.15. The van der Waals surface area contributed by atoms with E-state index >= 15 is 0 Å². The Hall–Kier alpha value is -3.45. The van der Waals surface area contributed by atoms with E-state index in [9.17, 15) is 14.4 Å². The summed E-state index contributed by atoms with van der Waals surface area (Å²) in [6, 6.07) is 13.8. The molecule has 0 bridgehead atoms. The van der Waals surface area contributed by atoms with E-state index in [4.69, 9.17) is 10.9 Å². The molecule has 1 atom stereocenters. The minimum atomic E-state index is -1.19. The summed E-state index contributed by atoms with van der Waals surface area (Å²) in [6.45, 7) is 1.79. The molecule has 0 saturated heterocycles. The average molecular weight is 353 g/mol. The molecule has 0 radical (unpaired) electrons. The number of nitrogens with one attached hydrogen (secondary N) is 2. The number of primary amides is 1. The number of nitrogens with two attached hydrogens (primary N) is 1. The van der Waals surface area contributed by atoms with Crippen LogP contribution in [-0.4, -0.2) is 22.9 Å². The van der Waals surface area contributed by atoms with Crippen LogP contribution in [-0.2, 0) is 14.4 Å². The highest BCUT2D eigenvalue weighted by atomic mass is 16.5. The molecule has 134 valence electrons. The minimum absolute atomic E-state index is 0.412. The van der Waals surface area contributed by atoms with Crippen LogP contribution in [0.25, 0.3) is 6.08 Å². The van der Waals surface area contributed by atoms with Crippen LogP contribution in [0.3, 0.4) is 0 Å². The van der Waals surface area contributed by atoms with Gasteiger partial charge in [-0.3, -0.25) is 19.6 Å². The van der Waals surface area contributed by atoms with Crippen LogP contribution in [0.1, 0.15) is 22.6 Å². The molecule has 0 fully saturated rings. The largest absolute Gasteiger partial charge is 0.369 e. The van der Waals surface area contributed by atoms with Crippen LogP contribution in [0.2, 0.25) is 0 Å². The number of benzene rings is 2. The van der Waals surface area contributed by atoms with Crippen LogP contribution in [0.5, 0.6) is 0 Å². The molecule has 2 aromatic rings. The van der Waals surface area contributed by atoms with Crippen molar-refractivity contribution in [3.05, 3.63) is 71.3 Å². The predicted octanol–water partition coefficient (Wildman–Crippen LogP) is 1.72. The minimum Gasteiger partial charge on any atom is -0.369 e. The van der Waals surface area contributed by atoms with Gasteiger partial charge in [-0.25, -0.2) is 5.48 Å². The lowest BCUT2D eigenvalue weighted by Crippen LogP contribution is -2.32. The number of aryl methyl sites for hydroxylation is 1. The zero-order valence-corrected chi connectivity index (χ0v) is 14.1. The standard InChI is InChI=1S/C19H19N3O4/c1-12-9-13(7-8-16(23)22-26)11-14(10-12)17(18(20)24)19(25)21-15-5-3-2-4-6-15/h2-11,17,26H,1H3,(H2,20,24)(H,21,25)(H,22,23)/b8-7+. The van der Waals surface area contributed by atoms with E-state index in [2.05, 4.69) is 5.32 Å². The fraction of sp³-hybridized carbons (Fsp3) is 0.105. The predicted molar refractivity (Wildman–Crippen MR) is 97.1 cm³/mol. The molecule has 0 aliphatic heterocycles. The molecular formula is C19H19N3O4. The van der Waals surface area contributed by atoms with Crippen molar-refractivity contribution < 1.29 is 19.6 Å². The van der Waals surface area contributed by atoms with Crippen LogP contribution < -0.4 is 16.5 Å². The second-order valence-corrected chi connectivity index (χ2v) is 5.68. The molecule has 0 aromatic heterocycles. The van der Waals surface area contributed by atoms with E-state index in [-0.39, 0.29) is 0 Å². The Bertz CT molecular complexity index is 847. The summed E-state index contributed by atoms with van der Waals surface area (Å²) >= 11 is 0. The van der Waals surface area contributed by atoms with Gasteiger partial charge in [0.1, 0.15) is 5.92 Å². The third-order valence-electron chi connectivity index (χ3n) is 3.58. The average Bonchev–Trinajstić information content (AvgIpc) is 2.59. The SMILES string of the molecule is Cc1cc(/C=C/C(=O)NO)cc(C(C(N)=O)C(=O)Nc2ccccc2)c1. The van der Waals surface area contributed by atoms with Crippen LogP contribution in [0.15, 0.2) is 54.6 Å². The van der Waals surface area contributed by atoms with Gasteiger partial charge in [0.15, 0.2) is 0 Å². The van der Waals surface area contributed by atoms with Crippen LogP contribution >= 0.6 is 0 Å². The smallest absolute Gasteiger partial charge is 0.267 e. The van der Waals surface area contributed by atoms with E-state index in [0.717, 1.165) is 11.6 Å². The van der Waals surface area contributed by atoms with Crippen molar-refractivity contribution in [3.63, 3.8) is 0 Å². The topological polar surface area (TPSA) is 122 Å². The summed E-state index contributed by atoms with van der Waals surface area (Å²) in [5.41, 5.74) is 9.27. The third-order valence-corrected chi connectivity index (χ3v) is 3.58. The van der Waals surface area contributed by atoms with E-state index in [0.29, 0.717) is 16.8 Å². The van der Waals surface area contributed by atoms with Crippen molar-refractivity contribution in [3.8, 4) is 0 Å². The fourth-order valence-corrected chi connectivity index (χ4v) is 2.50. The van der Waals surface area contributed by atoms with Crippen molar-refractivity contribution in [1.29, 1.82) is 0 Å². The van der Waals surface area contributed by atoms with Gasteiger partial charge in [0.2, 0.25) is 11.8 Å². The van der Waals surface area contributed by atoms with Gasteiger partial charge in [0.05, 0.1) is 0 Å². The quantitative estimate of drug-likeness (QED) is 0.273. The highest BCUT2D eigenvalue weighted by Gasteiger charge is 2.27. The molecule has 1 unspecified atom stereocenters. The van der Waals surface area contributed by atoms with Crippen LogP contribution in [0, 0.1) is 6.92 Å². The summed E-state index contributed by atoms with van der Waals surface area (Å²) in [6.07, 6.45) is 2.58. The molecular weight excluding hydrogens is 334 g/mol.